The summed E-state index contributed by atoms with van der Waals surface area (Å²) in [5.74, 6) is 0.744. The van der Waals surface area contributed by atoms with Gasteiger partial charge in [-0.2, -0.15) is 0 Å². The first-order chi connectivity index (χ1) is 13.7. The van der Waals surface area contributed by atoms with Gasteiger partial charge >= 0.3 is 6.09 Å². The highest BCUT2D eigenvalue weighted by Gasteiger charge is 2.22. The van der Waals surface area contributed by atoms with Gasteiger partial charge in [0.25, 0.3) is 0 Å². The summed E-state index contributed by atoms with van der Waals surface area (Å²) >= 11 is 0. The fourth-order valence-electron chi connectivity index (χ4n) is 2.57. The Morgan fingerprint density at radius 1 is 1.38 bits per heavy atom. The standard InChI is InChI=1S/C21H37N5O3/c1-7-23-19(25-17(2)16-28-6)24-12-9-13-26(20(27)29-21(3,4)5)15-18-10-8-11-22-14-18/h8,10-11,14,17H,7,9,12-13,15-16H2,1-6H3,(H2,23,24,25). The van der Waals surface area contributed by atoms with E-state index in [-0.39, 0.29) is 12.1 Å². The van der Waals surface area contributed by atoms with Crippen LogP contribution in [0.4, 0.5) is 4.79 Å². The minimum atomic E-state index is -0.540. The first-order valence-electron chi connectivity index (χ1n) is 10.2. The molecule has 0 radical (unpaired) electrons. The SMILES string of the molecule is CCNC(=NCCCN(Cc1cccnc1)C(=O)OC(C)(C)C)NC(C)COC. The van der Waals surface area contributed by atoms with Gasteiger partial charge in [0.2, 0.25) is 0 Å². The van der Waals surface area contributed by atoms with Crippen LogP contribution in [0, 0.1) is 0 Å². The van der Waals surface area contributed by atoms with Gasteiger partial charge in [0.15, 0.2) is 5.96 Å². The fraction of sp³-hybridized carbons (Fsp3) is 0.667. The third-order valence-corrected chi connectivity index (χ3v) is 3.75. The number of guanidine groups is 1. The molecule has 0 spiro atoms. The van der Waals surface area contributed by atoms with E-state index < -0.39 is 5.60 Å². The van der Waals surface area contributed by atoms with Crippen LogP contribution in [0.5, 0.6) is 0 Å². The van der Waals surface area contributed by atoms with Crippen LogP contribution in [0.2, 0.25) is 0 Å². The van der Waals surface area contributed by atoms with Gasteiger partial charge in [-0.25, -0.2) is 4.79 Å². The molecule has 1 heterocycles. The third kappa shape index (κ3) is 11.3. The quantitative estimate of drug-likeness (QED) is 0.352. The van der Waals surface area contributed by atoms with Crippen molar-refractivity contribution in [3.05, 3.63) is 30.1 Å². The zero-order valence-corrected chi connectivity index (χ0v) is 18.7. The van der Waals surface area contributed by atoms with Gasteiger partial charge in [0.05, 0.1) is 13.2 Å². The van der Waals surface area contributed by atoms with E-state index >= 15 is 0 Å². The molecule has 0 aliphatic rings. The number of rotatable bonds is 10. The van der Waals surface area contributed by atoms with Crippen LogP contribution in [0.1, 0.15) is 46.6 Å². The highest BCUT2D eigenvalue weighted by molar-refractivity contribution is 5.80. The molecular weight excluding hydrogens is 370 g/mol. The van der Waals surface area contributed by atoms with E-state index in [0.717, 1.165) is 24.5 Å². The van der Waals surface area contributed by atoms with E-state index in [4.69, 9.17) is 9.47 Å². The normalized spacial score (nSPS) is 13.0. The van der Waals surface area contributed by atoms with Crippen LogP contribution < -0.4 is 10.6 Å². The Labute approximate surface area is 175 Å². The van der Waals surface area contributed by atoms with E-state index in [1.165, 1.54) is 0 Å². The molecule has 164 valence electrons. The smallest absolute Gasteiger partial charge is 0.410 e. The minimum absolute atomic E-state index is 0.154. The summed E-state index contributed by atoms with van der Waals surface area (Å²) in [6.07, 6.45) is 3.87. The van der Waals surface area contributed by atoms with Crippen LogP contribution in [0.15, 0.2) is 29.5 Å². The second-order valence-electron chi connectivity index (χ2n) is 7.88. The molecule has 1 amide bonds. The van der Waals surface area contributed by atoms with Gasteiger partial charge in [-0.15, -0.1) is 0 Å². The summed E-state index contributed by atoms with van der Waals surface area (Å²) in [4.78, 5) is 23.0. The van der Waals surface area contributed by atoms with Crippen molar-refractivity contribution in [2.75, 3.05) is 33.4 Å². The summed E-state index contributed by atoms with van der Waals surface area (Å²) < 4.78 is 10.7. The maximum atomic E-state index is 12.6. The van der Waals surface area contributed by atoms with E-state index in [1.54, 1.807) is 24.4 Å². The molecule has 0 fully saturated rings. The molecule has 8 heteroatoms. The topological polar surface area (TPSA) is 88.1 Å². The molecule has 1 aromatic rings. The average molecular weight is 408 g/mol. The van der Waals surface area contributed by atoms with Crippen molar-refractivity contribution in [3.63, 3.8) is 0 Å². The maximum absolute atomic E-state index is 12.6. The summed E-state index contributed by atoms with van der Waals surface area (Å²) in [6, 6.07) is 3.97. The number of hydrogen-bond acceptors (Lipinski definition) is 5. The first kappa shape index (κ1) is 24.7. The van der Waals surface area contributed by atoms with Crippen LogP contribution in [-0.4, -0.2) is 66.9 Å². The lowest BCUT2D eigenvalue weighted by Crippen LogP contribution is -2.44. The van der Waals surface area contributed by atoms with Crippen LogP contribution >= 0.6 is 0 Å². The molecule has 0 saturated heterocycles. The molecule has 1 unspecified atom stereocenters. The van der Waals surface area contributed by atoms with Crippen molar-refractivity contribution in [1.82, 2.24) is 20.5 Å². The summed E-state index contributed by atoms with van der Waals surface area (Å²) in [7, 11) is 1.68. The molecule has 1 aromatic heterocycles. The predicted molar refractivity (Wildman–Crippen MR) is 116 cm³/mol. The van der Waals surface area contributed by atoms with Crippen LogP contribution in [0.3, 0.4) is 0 Å². The second-order valence-corrected chi connectivity index (χ2v) is 7.88. The van der Waals surface area contributed by atoms with E-state index in [2.05, 4.69) is 20.6 Å². The average Bonchev–Trinajstić information content (AvgIpc) is 2.63. The van der Waals surface area contributed by atoms with E-state index in [0.29, 0.717) is 26.2 Å². The molecular formula is C21H37N5O3. The predicted octanol–water partition coefficient (Wildman–Crippen LogP) is 2.80. The van der Waals surface area contributed by atoms with Gasteiger partial charge < -0.3 is 25.0 Å². The van der Waals surface area contributed by atoms with E-state index in [1.807, 2.05) is 46.8 Å². The summed E-state index contributed by atoms with van der Waals surface area (Å²) in [6.45, 7) is 12.6. The molecule has 0 saturated carbocycles. The van der Waals surface area contributed by atoms with Crippen molar-refractivity contribution < 1.29 is 14.3 Å². The van der Waals surface area contributed by atoms with Crippen molar-refractivity contribution in [1.29, 1.82) is 0 Å². The number of carbonyl (C=O) groups is 1. The highest BCUT2D eigenvalue weighted by atomic mass is 16.6. The molecule has 1 atom stereocenters. The number of nitrogens with one attached hydrogen (secondary N) is 2. The van der Waals surface area contributed by atoms with Gasteiger partial charge in [-0.05, 0) is 52.7 Å². The molecule has 8 nitrogen and oxygen atoms in total. The van der Waals surface area contributed by atoms with Crippen molar-refractivity contribution in [2.24, 2.45) is 4.99 Å². The monoisotopic (exact) mass is 407 g/mol. The number of hydrogen-bond donors (Lipinski definition) is 2. The zero-order chi connectivity index (χ0) is 21.7. The number of pyridine rings is 1. The molecule has 0 aliphatic carbocycles. The number of ether oxygens (including phenoxy) is 2. The van der Waals surface area contributed by atoms with Crippen molar-refractivity contribution in [3.8, 4) is 0 Å². The highest BCUT2D eigenvalue weighted by Crippen LogP contribution is 2.13. The van der Waals surface area contributed by atoms with Crippen molar-refractivity contribution in [2.45, 2.75) is 59.2 Å². The van der Waals surface area contributed by atoms with Crippen LogP contribution in [0.25, 0.3) is 0 Å². The molecule has 0 bridgehead atoms. The third-order valence-electron chi connectivity index (χ3n) is 3.75. The number of aliphatic imine (C=N–C) groups is 1. The van der Waals surface area contributed by atoms with Gasteiger partial charge in [-0.3, -0.25) is 9.98 Å². The molecule has 0 aliphatic heterocycles. The number of carbonyl (C=O) groups excluding carboxylic acids is 1. The number of methoxy groups -OCH3 is 1. The lowest BCUT2D eigenvalue weighted by atomic mass is 10.2. The molecule has 29 heavy (non-hydrogen) atoms. The Morgan fingerprint density at radius 2 is 2.14 bits per heavy atom. The van der Waals surface area contributed by atoms with Crippen molar-refractivity contribution >= 4 is 12.1 Å². The summed E-state index contributed by atoms with van der Waals surface area (Å²) in [5, 5.41) is 6.52. The Balaban J connectivity index is 2.68. The summed E-state index contributed by atoms with van der Waals surface area (Å²) in [5.41, 5.74) is 0.424. The lowest BCUT2D eigenvalue weighted by molar-refractivity contribution is 0.0232. The minimum Gasteiger partial charge on any atom is -0.444 e. The Bertz CT molecular complexity index is 616. The molecule has 2 N–H and O–H groups in total. The lowest BCUT2D eigenvalue weighted by Gasteiger charge is -2.27. The zero-order valence-electron chi connectivity index (χ0n) is 18.7. The van der Waals surface area contributed by atoms with Gasteiger partial charge in [0.1, 0.15) is 5.60 Å². The Kier molecular flexibility index (Phi) is 11.1. The maximum Gasteiger partial charge on any atom is 0.410 e. The Hall–Kier alpha value is -2.35. The largest absolute Gasteiger partial charge is 0.444 e. The van der Waals surface area contributed by atoms with Gasteiger partial charge in [-0.1, -0.05) is 6.07 Å². The van der Waals surface area contributed by atoms with E-state index in [9.17, 15) is 4.79 Å². The number of amides is 1. The number of aromatic nitrogens is 1. The Morgan fingerprint density at radius 3 is 2.72 bits per heavy atom. The first-order valence-corrected chi connectivity index (χ1v) is 10.2. The number of nitrogens with zero attached hydrogens (tertiary/aromatic N) is 3. The second kappa shape index (κ2) is 13.0. The van der Waals surface area contributed by atoms with Crippen LogP contribution in [-0.2, 0) is 16.0 Å². The molecule has 0 aromatic carbocycles. The molecule has 1 rings (SSSR count). The van der Waals surface area contributed by atoms with Gasteiger partial charge in [0, 0.05) is 45.2 Å². The fourth-order valence-corrected chi connectivity index (χ4v) is 2.57.